The molecule has 0 saturated carbocycles. The lowest BCUT2D eigenvalue weighted by atomic mass is 9.99. The molecule has 0 bridgehead atoms. The Labute approximate surface area is 115 Å². The number of likely N-dealkylation sites (N-methyl/N-ethyl adjacent to an activating group) is 1. The average molecular weight is 266 g/mol. The van der Waals surface area contributed by atoms with Gasteiger partial charge in [-0.2, -0.15) is 0 Å². The lowest BCUT2D eigenvalue weighted by molar-refractivity contribution is 0.174. The van der Waals surface area contributed by atoms with E-state index >= 15 is 0 Å². The molecule has 2 nitrogen and oxygen atoms in total. The molecule has 1 saturated heterocycles. The second-order valence-corrected chi connectivity index (χ2v) is 6.75. The molecule has 1 fully saturated rings. The van der Waals surface area contributed by atoms with Gasteiger partial charge in [-0.1, -0.05) is 26.3 Å². The lowest BCUT2D eigenvalue weighted by Crippen LogP contribution is -2.44. The number of thiophene rings is 1. The van der Waals surface area contributed by atoms with Gasteiger partial charge in [-0.05, 0) is 43.8 Å². The molecular weight excluding hydrogens is 240 g/mol. The minimum atomic E-state index is 0.514. The van der Waals surface area contributed by atoms with Crippen molar-refractivity contribution in [3.05, 3.63) is 22.4 Å². The molecule has 102 valence electrons. The number of likely N-dealkylation sites (tertiary alicyclic amines) is 1. The topological polar surface area (TPSA) is 15.3 Å². The summed E-state index contributed by atoms with van der Waals surface area (Å²) >= 11 is 1.87. The Hall–Kier alpha value is -0.380. The molecule has 1 aromatic rings. The first-order valence-corrected chi connectivity index (χ1v) is 8.03. The van der Waals surface area contributed by atoms with Crippen LogP contribution in [0.2, 0.25) is 0 Å². The normalized spacial score (nSPS) is 23.4. The van der Waals surface area contributed by atoms with E-state index in [1.54, 1.807) is 0 Å². The maximum Gasteiger partial charge on any atom is 0.0438 e. The predicted molar refractivity (Wildman–Crippen MR) is 80.2 cm³/mol. The van der Waals surface area contributed by atoms with Crippen molar-refractivity contribution in [1.29, 1.82) is 0 Å². The summed E-state index contributed by atoms with van der Waals surface area (Å²) in [5.74, 6) is 0.651. The molecule has 3 heteroatoms. The van der Waals surface area contributed by atoms with Gasteiger partial charge in [0, 0.05) is 23.5 Å². The highest BCUT2D eigenvalue weighted by atomic mass is 32.1. The summed E-state index contributed by atoms with van der Waals surface area (Å²) in [4.78, 5) is 3.99. The molecule has 2 heterocycles. The molecule has 0 aliphatic carbocycles. The molecular formula is C15H26N2S. The summed E-state index contributed by atoms with van der Waals surface area (Å²) in [7, 11) is 2.26. The highest BCUT2D eigenvalue weighted by molar-refractivity contribution is 7.10. The van der Waals surface area contributed by atoms with Crippen LogP contribution >= 0.6 is 11.3 Å². The third kappa shape index (κ3) is 3.56. The van der Waals surface area contributed by atoms with Gasteiger partial charge in [0.1, 0.15) is 0 Å². The van der Waals surface area contributed by atoms with E-state index in [2.05, 4.69) is 48.6 Å². The Kier molecular flexibility index (Phi) is 5.22. The van der Waals surface area contributed by atoms with Crippen molar-refractivity contribution in [3.63, 3.8) is 0 Å². The molecule has 0 aromatic carbocycles. The molecule has 2 atom stereocenters. The van der Waals surface area contributed by atoms with Crippen LogP contribution in [0.4, 0.5) is 0 Å². The first-order chi connectivity index (χ1) is 8.68. The van der Waals surface area contributed by atoms with Crippen molar-refractivity contribution in [1.82, 2.24) is 10.2 Å². The van der Waals surface area contributed by atoms with E-state index in [-0.39, 0.29) is 0 Å². The smallest absolute Gasteiger partial charge is 0.0438 e. The molecule has 1 aromatic heterocycles. The van der Waals surface area contributed by atoms with E-state index in [0.29, 0.717) is 12.0 Å². The van der Waals surface area contributed by atoms with E-state index in [9.17, 15) is 0 Å². The first kappa shape index (κ1) is 14.0. The zero-order valence-corrected chi connectivity index (χ0v) is 12.7. The van der Waals surface area contributed by atoms with E-state index in [1.165, 1.54) is 30.7 Å². The monoisotopic (exact) mass is 266 g/mol. The van der Waals surface area contributed by atoms with Gasteiger partial charge in [0.2, 0.25) is 0 Å². The minimum Gasteiger partial charge on any atom is -0.307 e. The molecule has 0 radical (unpaired) electrons. The van der Waals surface area contributed by atoms with E-state index in [0.717, 1.165) is 12.6 Å². The van der Waals surface area contributed by atoms with Crippen LogP contribution in [0.3, 0.4) is 0 Å². The van der Waals surface area contributed by atoms with Crippen LogP contribution in [0.15, 0.2) is 17.5 Å². The van der Waals surface area contributed by atoms with Crippen molar-refractivity contribution >= 4 is 11.3 Å². The summed E-state index contributed by atoms with van der Waals surface area (Å²) in [6.07, 6.45) is 4.10. The standard InChI is InChI=1S/C15H26N2S/c1-12(2)15(14-8-6-10-18-14)16-11-13-7-4-5-9-17(13)3/h6,8,10,12-13,15-16H,4-5,7,9,11H2,1-3H3. The summed E-state index contributed by atoms with van der Waals surface area (Å²) in [6, 6.07) is 5.65. The van der Waals surface area contributed by atoms with Gasteiger partial charge in [0.25, 0.3) is 0 Å². The third-order valence-electron chi connectivity index (χ3n) is 4.01. The van der Waals surface area contributed by atoms with Gasteiger partial charge < -0.3 is 10.2 Å². The Bertz CT molecular complexity index is 334. The molecule has 0 amide bonds. The van der Waals surface area contributed by atoms with Crippen LogP contribution in [0, 0.1) is 5.92 Å². The number of piperidine rings is 1. The second-order valence-electron chi connectivity index (χ2n) is 5.78. The number of hydrogen-bond donors (Lipinski definition) is 1. The maximum absolute atomic E-state index is 3.79. The number of hydrogen-bond acceptors (Lipinski definition) is 3. The van der Waals surface area contributed by atoms with Crippen LogP contribution in [0.1, 0.15) is 44.0 Å². The quantitative estimate of drug-likeness (QED) is 0.877. The lowest BCUT2D eigenvalue weighted by Gasteiger charge is -2.34. The fourth-order valence-corrected chi connectivity index (χ4v) is 3.77. The van der Waals surface area contributed by atoms with Crippen molar-refractivity contribution in [3.8, 4) is 0 Å². The molecule has 1 aliphatic heterocycles. The van der Waals surface area contributed by atoms with Gasteiger partial charge in [-0.15, -0.1) is 11.3 Å². The Morgan fingerprint density at radius 1 is 1.44 bits per heavy atom. The predicted octanol–water partition coefficient (Wildman–Crippen LogP) is 3.52. The molecule has 1 aliphatic rings. The van der Waals surface area contributed by atoms with Crippen LogP contribution in [0.25, 0.3) is 0 Å². The van der Waals surface area contributed by atoms with Gasteiger partial charge in [-0.25, -0.2) is 0 Å². The van der Waals surface area contributed by atoms with Crippen LogP contribution < -0.4 is 5.32 Å². The van der Waals surface area contributed by atoms with Crippen LogP contribution in [-0.4, -0.2) is 31.1 Å². The maximum atomic E-state index is 3.79. The molecule has 1 N–H and O–H groups in total. The van der Waals surface area contributed by atoms with Gasteiger partial charge in [0.15, 0.2) is 0 Å². The number of rotatable bonds is 5. The van der Waals surface area contributed by atoms with Crippen molar-refractivity contribution in [2.75, 3.05) is 20.1 Å². The third-order valence-corrected chi connectivity index (χ3v) is 4.97. The minimum absolute atomic E-state index is 0.514. The number of nitrogens with one attached hydrogen (secondary N) is 1. The van der Waals surface area contributed by atoms with Crippen LogP contribution in [0.5, 0.6) is 0 Å². The summed E-state index contributed by atoms with van der Waals surface area (Å²) in [5.41, 5.74) is 0. The summed E-state index contributed by atoms with van der Waals surface area (Å²) in [5, 5.41) is 5.97. The summed E-state index contributed by atoms with van der Waals surface area (Å²) in [6.45, 7) is 7.00. The van der Waals surface area contributed by atoms with E-state index in [4.69, 9.17) is 0 Å². The Morgan fingerprint density at radius 2 is 2.28 bits per heavy atom. The Balaban J connectivity index is 1.90. The zero-order chi connectivity index (χ0) is 13.0. The molecule has 0 spiro atoms. The highest BCUT2D eigenvalue weighted by Crippen LogP contribution is 2.26. The van der Waals surface area contributed by atoms with Gasteiger partial charge >= 0.3 is 0 Å². The van der Waals surface area contributed by atoms with Gasteiger partial charge in [0.05, 0.1) is 0 Å². The number of nitrogens with zero attached hydrogens (tertiary/aromatic N) is 1. The van der Waals surface area contributed by atoms with Crippen molar-refractivity contribution in [2.24, 2.45) is 5.92 Å². The summed E-state index contributed by atoms with van der Waals surface area (Å²) < 4.78 is 0. The first-order valence-electron chi connectivity index (χ1n) is 7.15. The van der Waals surface area contributed by atoms with Crippen LogP contribution in [-0.2, 0) is 0 Å². The Morgan fingerprint density at radius 3 is 2.89 bits per heavy atom. The highest BCUT2D eigenvalue weighted by Gasteiger charge is 2.22. The zero-order valence-electron chi connectivity index (χ0n) is 11.9. The van der Waals surface area contributed by atoms with Crippen molar-refractivity contribution < 1.29 is 0 Å². The van der Waals surface area contributed by atoms with Crippen molar-refractivity contribution in [2.45, 2.75) is 45.2 Å². The fraction of sp³-hybridized carbons (Fsp3) is 0.733. The molecule has 2 unspecified atom stereocenters. The second kappa shape index (κ2) is 6.69. The van der Waals surface area contributed by atoms with E-state index < -0.39 is 0 Å². The molecule has 18 heavy (non-hydrogen) atoms. The largest absolute Gasteiger partial charge is 0.307 e. The molecule has 2 rings (SSSR count). The average Bonchev–Trinajstić information content (AvgIpc) is 2.85. The SMILES string of the molecule is CC(C)C(NCC1CCCCN1C)c1cccs1. The van der Waals surface area contributed by atoms with Gasteiger partial charge in [-0.3, -0.25) is 0 Å². The fourth-order valence-electron chi connectivity index (χ4n) is 2.80. The van der Waals surface area contributed by atoms with E-state index in [1.807, 2.05) is 11.3 Å².